The topological polar surface area (TPSA) is 15.8 Å². The highest BCUT2D eigenvalue weighted by Gasteiger charge is 2.18. The van der Waals surface area contributed by atoms with E-state index in [1.54, 1.807) is 0 Å². The molecule has 3 rings (SSSR count). The van der Waals surface area contributed by atoms with Gasteiger partial charge in [-0.3, -0.25) is 0 Å². The Balaban J connectivity index is 1.95. The molecule has 0 unspecified atom stereocenters. The van der Waals surface area contributed by atoms with E-state index in [0.29, 0.717) is 0 Å². The molecule has 1 aliphatic rings. The molecule has 0 bridgehead atoms. The van der Waals surface area contributed by atoms with Crippen LogP contribution in [-0.4, -0.2) is 4.98 Å². The Morgan fingerprint density at radius 1 is 1.21 bits per heavy atom. The van der Waals surface area contributed by atoms with Crippen LogP contribution in [0.25, 0.3) is 10.9 Å². The third kappa shape index (κ3) is 1.24. The fourth-order valence-corrected chi connectivity index (χ4v) is 2.31. The van der Waals surface area contributed by atoms with Crippen molar-refractivity contribution in [2.75, 3.05) is 0 Å². The summed E-state index contributed by atoms with van der Waals surface area (Å²) < 4.78 is 0. The standard InChI is InChI=1S/C13H15N/c1-2-7-13-12(6-1)11(9-14-13)8-10-4-3-5-10/h1-2,6-7,9-10,14H,3-5,8H2. The maximum atomic E-state index is 3.34. The lowest BCUT2D eigenvalue weighted by atomic mass is 9.81. The lowest BCUT2D eigenvalue weighted by molar-refractivity contribution is 0.315. The van der Waals surface area contributed by atoms with E-state index in [2.05, 4.69) is 35.4 Å². The lowest BCUT2D eigenvalue weighted by Gasteiger charge is -2.24. The van der Waals surface area contributed by atoms with Crippen molar-refractivity contribution in [1.29, 1.82) is 0 Å². The smallest absolute Gasteiger partial charge is 0.0456 e. The summed E-state index contributed by atoms with van der Waals surface area (Å²) in [6.07, 6.45) is 7.75. The molecule has 1 N–H and O–H groups in total. The SMILES string of the molecule is c1ccc2c(CC3CCC3)c[nH]c2c1. The van der Waals surface area contributed by atoms with E-state index in [9.17, 15) is 0 Å². The Kier molecular flexibility index (Phi) is 1.83. The monoisotopic (exact) mass is 185 g/mol. The molecule has 0 radical (unpaired) electrons. The summed E-state index contributed by atoms with van der Waals surface area (Å²) >= 11 is 0. The van der Waals surface area contributed by atoms with Crippen molar-refractivity contribution in [2.24, 2.45) is 5.92 Å². The molecule has 1 aromatic heterocycles. The van der Waals surface area contributed by atoms with E-state index in [1.165, 1.54) is 42.1 Å². The first kappa shape index (κ1) is 8.10. The molecule has 0 saturated heterocycles. The highest BCUT2D eigenvalue weighted by atomic mass is 14.7. The first-order chi connectivity index (χ1) is 6.93. The van der Waals surface area contributed by atoms with E-state index in [1.807, 2.05) is 0 Å². The van der Waals surface area contributed by atoms with Crippen LogP contribution in [0.3, 0.4) is 0 Å². The number of hydrogen-bond acceptors (Lipinski definition) is 0. The maximum Gasteiger partial charge on any atom is 0.0456 e. The van der Waals surface area contributed by atoms with Crippen LogP contribution in [0.2, 0.25) is 0 Å². The number of fused-ring (bicyclic) bond motifs is 1. The van der Waals surface area contributed by atoms with Crippen molar-refractivity contribution in [2.45, 2.75) is 25.7 Å². The van der Waals surface area contributed by atoms with Crippen LogP contribution in [0.15, 0.2) is 30.5 Å². The van der Waals surface area contributed by atoms with E-state index < -0.39 is 0 Å². The van der Waals surface area contributed by atoms with Gasteiger partial charge in [0.15, 0.2) is 0 Å². The molecule has 0 aliphatic heterocycles. The highest BCUT2D eigenvalue weighted by molar-refractivity contribution is 5.83. The van der Waals surface area contributed by atoms with Crippen LogP contribution in [-0.2, 0) is 6.42 Å². The van der Waals surface area contributed by atoms with Crippen molar-refractivity contribution in [3.05, 3.63) is 36.0 Å². The highest BCUT2D eigenvalue weighted by Crippen LogP contribution is 2.31. The van der Waals surface area contributed by atoms with Crippen LogP contribution < -0.4 is 0 Å². The first-order valence-corrected chi connectivity index (χ1v) is 5.48. The molecule has 72 valence electrons. The summed E-state index contributed by atoms with van der Waals surface area (Å²) in [6.45, 7) is 0. The van der Waals surface area contributed by atoms with Gasteiger partial charge < -0.3 is 4.98 Å². The van der Waals surface area contributed by atoms with Crippen molar-refractivity contribution in [3.63, 3.8) is 0 Å². The van der Waals surface area contributed by atoms with Crippen LogP contribution >= 0.6 is 0 Å². The van der Waals surface area contributed by atoms with Gasteiger partial charge in [0.05, 0.1) is 0 Å². The largest absolute Gasteiger partial charge is 0.361 e. The minimum absolute atomic E-state index is 0.953. The molecule has 1 fully saturated rings. The summed E-state index contributed by atoms with van der Waals surface area (Å²) in [6, 6.07) is 8.59. The molecule has 0 spiro atoms. The van der Waals surface area contributed by atoms with Gasteiger partial charge in [-0.2, -0.15) is 0 Å². The molecule has 0 atom stereocenters. The number of hydrogen-bond donors (Lipinski definition) is 1. The van der Waals surface area contributed by atoms with Gasteiger partial charge in [0.1, 0.15) is 0 Å². The van der Waals surface area contributed by atoms with Gasteiger partial charge in [0.2, 0.25) is 0 Å². The molecule has 1 heteroatoms. The van der Waals surface area contributed by atoms with Gasteiger partial charge >= 0.3 is 0 Å². The minimum atomic E-state index is 0.953. The summed E-state index contributed by atoms with van der Waals surface area (Å²) in [4.78, 5) is 3.34. The van der Waals surface area contributed by atoms with E-state index in [0.717, 1.165) is 5.92 Å². The van der Waals surface area contributed by atoms with Crippen molar-refractivity contribution >= 4 is 10.9 Å². The second-order valence-electron chi connectivity index (χ2n) is 4.36. The Morgan fingerprint density at radius 3 is 2.86 bits per heavy atom. The molecule has 2 aromatic rings. The number of aromatic nitrogens is 1. The van der Waals surface area contributed by atoms with Crippen molar-refractivity contribution in [1.82, 2.24) is 4.98 Å². The van der Waals surface area contributed by atoms with Crippen molar-refractivity contribution < 1.29 is 0 Å². The number of nitrogens with one attached hydrogen (secondary N) is 1. The van der Waals surface area contributed by atoms with Gasteiger partial charge in [-0.25, -0.2) is 0 Å². The fourth-order valence-electron chi connectivity index (χ4n) is 2.31. The zero-order valence-electron chi connectivity index (χ0n) is 8.29. The third-order valence-corrected chi connectivity index (χ3v) is 3.41. The Labute approximate surface area is 84.1 Å². The molecule has 1 aromatic carbocycles. The third-order valence-electron chi connectivity index (χ3n) is 3.41. The van der Waals surface area contributed by atoms with Crippen LogP contribution in [0.1, 0.15) is 24.8 Å². The number of para-hydroxylation sites is 1. The molecule has 0 amide bonds. The zero-order chi connectivity index (χ0) is 9.38. The average molecular weight is 185 g/mol. The second kappa shape index (κ2) is 3.16. The van der Waals surface area contributed by atoms with Gasteiger partial charge in [-0.1, -0.05) is 37.5 Å². The fraction of sp³-hybridized carbons (Fsp3) is 0.385. The molecule has 1 aliphatic carbocycles. The van der Waals surface area contributed by atoms with E-state index in [-0.39, 0.29) is 0 Å². The van der Waals surface area contributed by atoms with E-state index in [4.69, 9.17) is 0 Å². The average Bonchev–Trinajstić information content (AvgIpc) is 2.55. The van der Waals surface area contributed by atoms with E-state index >= 15 is 0 Å². The summed E-state index contributed by atoms with van der Waals surface area (Å²) in [5.74, 6) is 0.953. The van der Waals surface area contributed by atoms with Crippen LogP contribution in [0, 0.1) is 5.92 Å². The van der Waals surface area contributed by atoms with Gasteiger partial charge in [-0.15, -0.1) is 0 Å². The quantitative estimate of drug-likeness (QED) is 0.737. The summed E-state index contributed by atoms with van der Waals surface area (Å²) in [5.41, 5.74) is 2.78. The number of rotatable bonds is 2. The number of benzene rings is 1. The Morgan fingerprint density at radius 2 is 2.07 bits per heavy atom. The van der Waals surface area contributed by atoms with Gasteiger partial charge in [0.25, 0.3) is 0 Å². The predicted molar refractivity (Wildman–Crippen MR) is 59.3 cm³/mol. The molecular weight excluding hydrogens is 170 g/mol. The summed E-state index contributed by atoms with van der Waals surface area (Å²) in [5, 5.41) is 1.42. The molecule has 1 nitrogen and oxygen atoms in total. The minimum Gasteiger partial charge on any atom is -0.361 e. The van der Waals surface area contributed by atoms with Crippen LogP contribution in [0.4, 0.5) is 0 Å². The van der Waals surface area contributed by atoms with Gasteiger partial charge in [0, 0.05) is 17.1 Å². The zero-order valence-corrected chi connectivity index (χ0v) is 8.29. The molecule has 1 saturated carbocycles. The Bertz CT molecular complexity index is 437. The first-order valence-electron chi connectivity index (χ1n) is 5.48. The van der Waals surface area contributed by atoms with Gasteiger partial charge in [-0.05, 0) is 24.0 Å². The predicted octanol–water partition coefficient (Wildman–Crippen LogP) is 3.51. The Hall–Kier alpha value is -1.24. The molecular formula is C13H15N. The lowest BCUT2D eigenvalue weighted by Crippen LogP contribution is -2.13. The molecule has 1 heterocycles. The number of aromatic amines is 1. The summed E-state index contributed by atoms with van der Waals surface area (Å²) in [7, 11) is 0. The molecule has 14 heavy (non-hydrogen) atoms. The van der Waals surface area contributed by atoms with Crippen molar-refractivity contribution in [3.8, 4) is 0 Å². The normalized spacial score (nSPS) is 17.1. The number of H-pyrrole nitrogens is 1. The van der Waals surface area contributed by atoms with Crippen LogP contribution in [0.5, 0.6) is 0 Å². The second-order valence-corrected chi connectivity index (χ2v) is 4.36. The maximum absolute atomic E-state index is 3.34.